The summed E-state index contributed by atoms with van der Waals surface area (Å²) in [5, 5.41) is 11.1. The molecule has 0 N–H and O–H groups in total. The lowest BCUT2D eigenvalue weighted by Crippen LogP contribution is -2.44. The van der Waals surface area contributed by atoms with Gasteiger partial charge in [0.2, 0.25) is 6.10 Å². The highest BCUT2D eigenvalue weighted by atomic mass is 16.6. The molecule has 1 heterocycles. The summed E-state index contributed by atoms with van der Waals surface area (Å²) >= 11 is 0. The minimum atomic E-state index is -1.19. The van der Waals surface area contributed by atoms with Crippen LogP contribution in [0.15, 0.2) is 48.5 Å². The Labute approximate surface area is 166 Å². The van der Waals surface area contributed by atoms with E-state index in [0.717, 1.165) is 6.07 Å². The largest absolute Gasteiger partial charge is 0.496 e. The fraction of sp³-hybridized carbons (Fsp3) is 0.300. The molecule has 2 aromatic carbocycles. The zero-order valence-corrected chi connectivity index (χ0v) is 15.8. The van der Waals surface area contributed by atoms with Gasteiger partial charge in [-0.25, -0.2) is 4.79 Å². The second kappa shape index (κ2) is 9.16. The summed E-state index contributed by atoms with van der Waals surface area (Å²) in [7, 11) is 1.34. The van der Waals surface area contributed by atoms with Crippen LogP contribution in [0.2, 0.25) is 0 Å². The van der Waals surface area contributed by atoms with Crippen LogP contribution in [0.4, 0.5) is 5.69 Å². The lowest BCUT2D eigenvalue weighted by Gasteiger charge is -2.30. The molecule has 0 unspecified atom stereocenters. The topological polar surface area (TPSA) is 108 Å². The van der Waals surface area contributed by atoms with Crippen LogP contribution in [0.3, 0.4) is 0 Å². The van der Waals surface area contributed by atoms with Crippen LogP contribution >= 0.6 is 0 Å². The van der Waals surface area contributed by atoms with E-state index in [1.54, 1.807) is 35.2 Å². The van der Waals surface area contributed by atoms with Crippen LogP contribution in [-0.4, -0.2) is 55.1 Å². The smallest absolute Gasteiger partial charge is 0.343 e. The Morgan fingerprint density at radius 1 is 1.14 bits per heavy atom. The summed E-state index contributed by atoms with van der Waals surface area (Å²) < 4.78 is 15.9. The van der Waals surface area contributed by atoms with Gasteiger partial charge in [-0.15, -0.1) is 0 Å². The molecular weight excluding hydrogens is 380 g/mol. The maximum absolute atomic E-state index is 13.0. The Balaban J connectivity index is 1.91. The van der Waals surface area contributed by atoms with Crippen molar-refractivity contribution in [1.29, 1.82) is 0 Å². The third-order valence-electron chi connectivity index (χ3n) is 4.49. The van der Waals surface area contributed by atoms with Gasteiger partial charge in [0.05, 0.1) is 25.2 Å². The predicted octanol–water partition coefficient (Wildman–Crippen LogP) is 2.36. The van der Waals surface area contributed by atoms with Gasteiger partial charge in [-0.2, -0.15) is 0 Å². The van der Waals surface area contributed by atoms with E-state index in [1.807, 2.05) is 0 Å². The normalized spacial score (nSPS) is 14.7. The Morgan fingerprint density at radius 2 is 1.83 bits per heavy atom. The Bertz CT molecular complexity index is 895. The van der Waals surface area contributed by atoms with Crippen LogP contribution in [0.1, 0.15) is 22.0 Å². The average Bonchev–Trinajstić information content (AvgIpc) is 2.77. The van der Waals surface area contributed by atoms with Gasteiger partial charge in [-0.05, 0) is 6.07 Å². The van der Waals surface area contributed by atoms with Crippen molar-refractivity contribution in [2.45, 2.75) is 6.10 Å². The van der Waals surface area contributed by atoms with E-state index in [4.69, 9.17) is 14.2 Å². The number of methoxy groups -OCH3 is 1. The molecule has 9 nitrogen and oxygen atoms in total. The van der Waals surface area contributed by atoms with Crippen LogP contribution in [-0.2, 0) is 14.3 Å². The standard InChI is InChI=1S/C20H20N2O7/c1-27-17-8-7-15(22(25)26)13-16(17)20(24)29-18(14-5-3-2-4-6-14)19(23)21-9-11-28-12-10-21/h2-8,13,18H,9-12H2,1H3/t18-/m1/s1. The van der Waals surface area contributed by atoms with Crippen molar-refractivity contribution in [3.63, 3.8) is 0 Å². The van der Waals surface area contributed by atoms with Crippen molar-refractivity contribution in [2.75, 3.05) is 33.4 Å². The number of hydrogen-bond donors (Lipinski definition) is 0. The van der Waals surface area contributed by atoms with Crippen LogP contribution in [0.25, 0.3) is 0 Å². The number of amides is 1. The van der Waals surface area contributed by atoms with Crippen molar-refractivity contribution < 1.29 is 28.7 Å². The number of morpholine rings is 1. The highest BCUT2D eigenvalue weighted by molar-refractivity contribution is 5.95. The predicted molar refractivity (Wildman–Crippen MR) is 102 cm³/mol. The highest BCUT2D eigenvalue weighted by Gasteiger charge is 2.32. The molecule has 0 spiro atoms. The number of non-ortho nitro benzene ring substituents is 1. The first-order valence-corrected chi connectivity index (χ1v) is 8.96. The molecule has 1 saturated heterocycles. The fourth-order valence-corrected chi connectivity index (χ4v) is 2.98. The molecule has 1 aliphatic rings. The molecule has 9 heteroatoms. The van der Waals surface area contributed by atoms with Crippen molar-refractivity contribution in [1.82, 2.24) is 4.90 Å². The summed E-state index contributed by atoms with van der Waals surface area (Å²) in [5.41, 5.74) is 0.0904. The number of nitro groups is 1. The Kier molecular flexibility index (Phi) is 6.40. The van der Waals surface area contributed by atoms with E-state index < -0.39 is 17.0 Å². The molecule has 0 radical (unpaired) electrons. The minimum absolute atomic E-state index is 0.117. The van der Waals surface area contributed by atoms with Crippen molar-refractivity contribution in [3.8, 4) is 5.75 Å². The molecule has 0 aliphatic carbocycles. The van der Waals surface area contributed by atoms with Crippen LogP contribution < -0.4 is 4.74 Å². The minimum Gasteiger partial charge on any atom is -0.496 e. The molecule has 0 saturated carbocycles. The SMILES string of the molecule is COc1ccc([N+](=O)[O-])cc1C(=O)O[C@@H](C(=O)N1CCOCC1)c1ccccc1. The zero-order valence-electron chi connectivity index (χ0n) is 15.8. The van der Waals surface area contributed by atoms with E-state index in [-0.39, 0.29) is 22.9 Å². The molecule has 0 bridgehead atoms. The third kappa shape index (κ3) is 4.69. The number of nitrogens with zero attached hydrogens (tertiary/aromatic N) is 2. The number of nitro benzene ring substituents is 1. The first kappa shape index (κ1) is 20.3. The molecule has 0 aromatic heterocycles. The molecule has 29 heavy (non-hydrogen) atoms. The number of benzene rings is 2. The third-order valence-corrected chi connectivity index (χ3v) is 4.49. The van der Waals surface area contributed by atoms with Gasteiger partial charge in [-0.3, -0.25) is 14.9 Å². The summed E-state index contributed by atoms with van der Waals surface area (Å²) in [6.45, 7) is 1.58. The van der Waals surface area contributed by atoms with Gasteiger partial charge < -0.3 is 19.1 Å². The average molecular weight is 400 g/mol. The second-order valence-corrected chi connectivity index (χ2v) is 6.28. The number of carbonyl (C=O) groups is 2. The molecule has 2 aromatic rings. The van der Waals surface area contributed by atoms with Gasteiger partial charge >= 0.3 is 5.97 Å². The molecule has 1 aliphatic heterocycles. The first-order chi connectivity index (χ1) is 14.0. The number of carbonyl (C=O) groups excluding carboxylic acids is 2. The van der Waals surface area contributed by atoms with Gasteiger partial charge in [0.15, 0.2) is 0 Å². The summed E-state index contributed by atoms with van der Waals surface area (Å²) in [4.78, 5) is 37.9. The highest BCUT2D eigenvalue weighted by Crippen LogP contribution is 2.28. The van der Waals surface area contributed by atoms with E-state index in [2.05, 4.69) is 0 Å². The maximum Gasteiger partial charge on any atom is 0.343 e. The number of hydrogen-bond acceptors (Lipinski definition) is 7. The second-order valence-electron chi connectivity index (χ2n) is 6.28. The number of esters is 1. The zero-order chi connectivity index (χ0) is 20.8. The lowest BCUT2D eigenvalue weighted by atomic mass is 10.1. The Morgan fingerprint density at radius 3 is 2.45 bits per heavy atom. The van der Waals surface area contributed by atoms with Gasteiger partial charge in [0.1, 0.15) is 11.3 Å². The van der Waals surface area contributed by atoms with E-state index in [0.29, 0.717) is 31.9 Å². The quantitative estimate of drug-likeness (QED) is 0.416. The number of ether oxygens (including phenoxy) is 3. The van der Waals surface area contributed by atoms with Gasteiger partial charge in [-0.1, -0.05) is 30.3 Å². The molecule has 152 valence electrons. The van der Waals surface area contributed by atoms with Crippen LogP contribution in [0, 0.1) is 10.1 Å². The summed E-state index contributed by atoms with van der Waals surface area (Å²) in [5.74, 6) is -1.15. The van der Waals surface area contributed by atoms with Crippen LogP contribution in [0.5, 0.6) is 5.75 Å². The lowest BCUT2D eigenvalue weighted by molar-refractivity contribution is -0.384. The van der Waals surface area contributed by atoms with E-state index >= 15 is 0 Å². The molecule has 3 rings (SSSR count). The maximum atomic E-state index is 13.0. The van der Waals surface area contributed by atoms with Gasteiger partial charge in [0.25, 0.3) is 11.6 Å². The van der Waals surface area contributed by atoms with Gasteiger partial charge in [0, 0.05) is 30.8 Å². The molecular formula is C20H20N2O7. The molecule has 1 atom stereocenters. The monoisotopic (exact) mass is 400 g/mol. The summed E-state index contributed by atoms with van der Waals surface area (Å²) in [6.07, 6.45) is -1.19. The molecule has 1 amide bonds. The Hall–Kier alpha value is -3.46. The van der Waals surface area contributed by atoms with Crippen molar-refractivity contribution in [3.05, 3.63) is 69.8 Å². The molecule has 1 fully saturated rings. The van der Waals surface area contributed by atoms with E-state index in [1.165, 1.54) is 19.2 Å². The summed E-state index contributed by atoms with van der Waals surface area (Å²) in [6, 6.07) is 12.2. The van der Waals surface area contributed by atoms with Crippen molar-refractivity contribution >= 4 is 17.6 Å². The van der Waals surface area contributed by atoms with Crippen molar-refractivity contribution in [2.24, 2.45) is 0 Å². The number of rotatable bonds is 6. The fourth-order valence-electron chi connectivity index (χ4n) is 2.98. The van der Waals surface area contributed by atoms with E-state index in [9.17, 15) is 19.7 Å². The first-order valence-electron chi connectivity index (χ1n) is 8.96.